The predicted octanol–water partition coefficient (Wildman–Crippen LogP) is 2.55. The van der Waals surface area contributed by atoms with Gasteiger partial charge in [0.15, 0.2) is 5.69 Å². The molecule has 1 saturated carbocycles. The van der Waals surface area contributed by atoms with E-state index in [1.165, 1.54) is 0 Å². The van der Waals surface area contributed by atoms with Crippen molar-refractivity contribution in [3.8, 4) is 0 Å². The lowest BCUT2D eigenvalue weighted by Crippen LogP contribution is -2.04. The molecule has 0 amide bonds. The van der Waals surface area contributed by atoms with Crippen LogP contribution in [0, 0.1) is 0 Å². The number of aromatic amines is 1. The molecule has 1 unspecified atom stereocenters. The Labute approximate surface area is 75.1 Å². The maximum Gasteiger partial charge on any atom is 0.435 e. The van der Waals surface area contributed by atoms with Crippen molar-refractivity contribution in [3.63, 3.8) is 0 Å². The molecule has 1 N–H and O–H groups in total. The molecule has 1 aliphatic rings. The zero-order valence-corrected chi connectivity index (χ0v) is 6.70. The van der Waals surface area contributed by atoms with Crippen LogP contribution in [0.1, 0.15) is 23.7 Å². The van der Waals surface area contributed by atoms with Gasteiger partial charge in [-0.2, -0.15) is 18.3 Å². The summed E-state index contributed by atoms with van der Waals surface area (Å²) in [7, 11) is 0. The minimum absolute atomic E-state index is 0.151. The van der Waals surface area contributed by atoms with Gasteiger partial charge in [-0.05, 0) is 6.07 Å². The standard InChI is InChI=1S/C7H5F5N2/c8-6(9)2-3(6)4-1-5(14-13-4)7(10,11)12/h1,3H,2H2,(H,13,14). The summed E-state index contributed by atoms with van der Waals surface area (Å²) in [5, 5.41) is 4.91. The van der Waals surface area contributed by atoms with Gasteiger partial charge >= 0.3 is 6.18 Å². The minimum atomic E-state index is -4.58. The second-order valence-corrected chi connectivity index (χ2v) is 3.22. The van der Waals surface area contributed by atoms with Crippen LogP contribution < -0.4 is 0 Å². The molecule has 1 aliphatic carbocycles. The number of rotatable bonds is 1. The zero-order chi connectivity index (χ0) is 10.6. The van der Waals surface area contributed by atoms with Crippen molar-refractivity contribution in [1.29, 1.82) is 0 Å². The van der Waals surface area contributed by atoms with E-state index in [9.17, 15) is 22.0 Å². The van der Waals surface area contributed by atoms with Gasteiger partial charge in [0.25, 0.3) is 5.92 Å². The Balaban J connectivity index is 2.20. The molecule has 1 heterocycles. The summed E-state index contributed by atoms with van der Waals surface area (Å²) in [6.07, 6.45) is -4.99. The van der Waals surface area contributed by atoms with Crippen LogP contribution in [0.4, 0.5) is 22.0 Å². The van der Waals surface area contributed by atoms with Crippen LogP contribution >= 0.6 is 0 Å². The molecule has 1 fully saturated rings. The van der Waals surface area contributed by atoms with Gasteiger partial charge in [0.1, 0.15) is 0 Å². The third-order valence-electron chi connectivity index (χ3n) is 2.09. The van der Waals surface area contributed by atoms with Gasteiger partial charge in [0.2, 0.25) is 0 Å². The Bertz CT molecular complexity index is 353. The first-order valence-electron chi connectivity index (χ1n) is 3.81. The highest BCUT2D eigenvalue weighted by atomic mass is 19.4. The summed E-state index contributed by atoms with van der Waals surface area (Å²) in [5.41, 5.74) is -1.31. The molecule has 2 rings (SSSR count). The summed E-state index contributed by atoms with van der Waals surface area (Å²) in [4.78, 5) is 0. The summed E-state index contributed by atoms with van der Waals surface area (Å²) < 4.78 is 60.9. The van der Waals surface area contributed by atoms with Crippen molar-refractivity contribution in [2.45, 2.75) is 24.4 Å². The highest BCUT2D eigenvalue weighted by Crippen LogP contribution is 2.55. The Hall–Kier alpha value is -1.14. The molecule has 14 heavy (non-hydrogen) atoms. The van der Waals surface area contributed by atoms with E-state index in [0.717, 1.165) is 0 Å². The maximum atomic E-state index is 12.5. The van der Waals surface area contributed by atoms with Crippen LogP contribution in [-0.4, -0.2) is 16.1 Å². The summed E-state index contributed by atoms with van der Waals surface area (Å²) in [5.74, 6) is -4.01. The number of nitrogens with one attached hydrogen (secondary N) is 1. The molecule has 78 valence electrons. The molecular formula is C7H5F5N2. The molecule has 0 saturated heterocycles. The Morgan fingerprint density at radius 1 is 1.43 bits per heavy atom. The third-order valence-corrected chi connectivity index (χ3v) is 2.09. The van der Waals surface area contributed by atoms with Crippen LogP contribution in [0.15, 0.2) is 6.07 Å². The lowest BCUT2D eigenvalue weighted by Gasteiger charge is -1.98. The van der Waals surface area contributed by atoms with Gasteiger partial charge in [-0.3, -0.25) is 5.10 Å². The summed E-state index contributed by atoms with van der Waals surface area (Å²) in [6.45, 7) is 0. The molecule has 0 spiro atoms. The van der Waals surface area contributed by atoms with Gasteiger partial charge in [-0.25, -0.2) is 8.78 Å². The van der Waals surface area contributed by atoms with Crippen molar-refractivity contribution < 1.29 is 22.0 Å². The average Bonchev–Trinajstić information content (AvgIpc) is 2.48. The molecular weight excluding hydrogens is 207 g/mol. The number of hydrogen-bond donors (Lipinski definition) is 1. The monoisotopic (exact) mass is 212 g/mol. The highest BCUT2D eigenvalue weighted by molar-refractivity contribution is 5.24. The maximum absolute atomic E-state index is 12.5. The van der Waals surface area contributed by atoms with Gasteiger partial charge in [-0.15, -0.1) is 0 Å². The molecule has 1 atom stereocenters. The first-order valence-corrected chi connectivity index (χ1v) is 3.81. The van der Waals surface area contributed by atoms with E-state index in [1.807, 2.05) is 5.10 Å². The minimum Gasteiger partial charge on any atom is -0.281 e. The number of H-pyrrole nitrogens is 1. The Morgan fingerprint density at radius 2 is 2.00 bits per heavy atom. The first kappa shape index (κ1) is 9.42. The SMILES string of the molecule is FC(F)(F)c1cc(C2CC2(F)F)[nH]n1. The fraction of sp³-hybridized carbons (Fsp3) is 0.571. The first-order chi connectivity index (χ1) is 6.31. The highest BCUT2D eigenvalue weighted by Gasteiger charge is 2.58. The van der Waals surface area contributed by atoms with E-state index >= 15 is 0 Å². The lowest BCUT2D eigenvalue weighted by atomic mass is 10.2. The van der Waals surface area contributed by atoms with Crippen LogP contribution in [0.5, 0.6) is 0 Å². The quantitative estimate of drug-likeness (QED) is 0.712. The second kappa shape index (κ2) is 2.46. The molecule has 0 bridgehead atoms. The van der Waals surface area contributed by atoms with Gasteiger partial charge in [0, 0.05) is 12.1 Å². The lowest BCUT2D eigenvalue weighted by molar-refractivity contribution is -0.141. The Morgan fingerprint density at radius 3 is 2.36 bits per heavy atom. The van der Waals surface area contributed by atoms with E-state index in [2.05, 4.69) is 5.10 Å². The summed E-state index contributed by atoms with van der Waals surface area (Å²) >= 11 is 0. The van der Waals surface area contributed by atoms with Crippen molar-refractivity contribution >= 4 is 0 Å². The fourth-order valence-corrected chi connectivity index (χ4v) is 1.21. The number of aromatic nitrogens is 2. The molecule has 2 nitrogen and oxygen atoms in total. The number of nitrogens with zero attached hydrogens (tertiary/aromatic N) is 1. The molecule has 1 aromatic rings. The second-order valence-electron chi connectivity index (χ2n) is 3.22. The third kappa shape index (κ3) is 1.46. The molecule has 7 heteroatoms. The van der Waals surface area contributed by atoms with Crippen molar-refractivity contribution in [1.82, 2.24) is 10.2 Å². The van der Waals surface area contributed by atoms with E-state index in [4.69, 9.17) is 0 Å². The van der Waals surface area contributed by atoms with Crippen molar-refractivity contribution in [3.05, 3.63) is 17.5 Å². The van der Waals surface area contributed by atoms with E-state index < -0.39 is 30.1 Å². The van der Waals surface area contributed by atoms with Gasteiger partial charge < -0.3 is 0 Å². The molecule has 0 aliphatic heterocycles. The molecule has 0 aromatic carbocycles. The predicted molar refractivity (Wildman–Crippen MR) is 35.9 cm³/mol. The zero-order valence-electron chi connectivity index (χ0n) is 6.70. The van der Waals surface area contributed by atoms with Crippen molar-refractivity contribution in [2.75, 3.05) is 0 Å². The van der Waals surface area contributed by atoms with Crippen LogP contribution in [0.3, 0.4) is 0 Å². The Kier molecular flexibility index (Phi) is 1.65. The largest absolute Gasteiger partial charge is 0.435 e. The summed E-state index contributed by atoms with van der Waals surface area (Å²) in [6, 6.07) is 0.631. The van der Waals surface area contributed by atoms with Gasteiger partial charge in [-0.1, -0.05) is 0 Å². The van der Waals surface area contributed by atoms with E-state index in [0.29, 0.717) is 6.07 Å². The van der Waals surface area contributed by atoms with Crippen LogP contribution in [0.25, 0.3) is 0 Å². The van der Waals surface area contributed by atoms with Crippen molar-refractivity contribution in [2.24, 2.45) is 0 Å². The fourth-order valence-electron chi connectivity index (χ4n) is 1.21. The molecule has 1 aromatic heterocycles. The smallest absolute Gasteiger partial charge is 0.281 e. The molecule has 0 radical (unpaired) electrons. The van der Waals surface area contributed by atoms with E-state index in [1.54, 1.807) is 0 Å². The number of alkyl halides is 5. The van der Waals surface area contributed by atoms with E-state index in [-0.39, 0.29) is 5.69 Å². The van der Waals surface area contributed by atoms with Crippen LogP contribution in [0.2, 0.25) is 0 Å². The number of halogens is 5. The van der Waals surface area contributed by atoms with Gasteiger partial charge in [0.05, 0.1) is 5.92 Å². The number of hydrogen-bond acceptors (Lipinski definition) is 1. The van der Waals surface area contributed by atoms with Crippen LogP contribution in [-0.2, 0) is 6.18 Å². The normalized spacial score (nSPS) is 25.1. The topological polar surface area (TPSA) is 28.7 Å². The average molecular weight is 212 g/mol.